The Balaban J connectivity index is 0. The number of hydrogen-bond donors (Lipinski definition) is 1. The van der Waals surface area contributed by atoms with Gasteiger partial charge in [0.1, 0.15) is 0 Å². The molecule has 0 rings (SSSR count). The molecule has 0 unspecified atom stereocenters. The van der Waals surface area contributed by atoms with Gasteiger partial charge >= 0.3 is 116 Å². The van der Waals surface area contributed by atoms with Crippen molar-refractivity contribution in [3.8, 4) is 0 Å². The second-order valence-electron chi connectivity index (χ2n) is 3.15. The minimum absolute atomic E-state index is 0.579. The monoisotopic (exact) mass is 690 g/mol. The van der Waals surface area contributed by atoms with E-state index in [4.69, 9.17) is 0 Å². The molecule has 13 heavy (non-hydrogen) atoms. The Bertz CT molecular complexity index is 176. The van der Waals surface area contributed by atoms with Gasteiger partial charge in [-0.25, -0.2) is 0 Å². The van der Waals surface area contributed by atoms with Gasteiger partial charge in [-0.15, -0.1) is 0 Å². The van der Waals surface area contributed by atoms with Crippen molar-refractivity contribution in [1.29, 1.82) is 0 Å². The summed E-state index contributed by atoms with van der Waals surface area (Å²) in [5.74, 6) is 0.712. The Hall–Kier alpha value is 1.63. The van der Waals surface area contributed by atoms with Crippen molar-refractivity contribution >= 4 is 12.8 Å². The first-order valence-corrected chi connectivity index (χ1v) is 8.66. The molecule has 0 saturated carbocycles. The molecule has 0 aliphatic heterocycles. The van der Waals surface area contributed by atoms with Crippen LogP contribution in [0.25, 0.3) is 0 Å². The molecule has 0 bridgehead atoms. The Labute approximate surface area is 115 Å². The SMILES string of the molecule is CC(C)N[C](=[W])[C](=[W])C(C)C.[CH-]=[W]. The summed E-state index contributed by atoms with van der Waals surface area (Å²) in [7, 11) is 0. The summed E-state index contributed by atoms with van der Waals surface area (Å²) in [6.45, 7) is 8.89. The van der Waals surface area contributed by atoms with Crippen molar-refractivity contribution in [3.63, 3.8) is 0 Å². The van der Waals surface area contributed by atoms with Crippen LogP contribution < -0.4 is 5.32 Å². The van der Waals surface area contributed by atoms with Gasteiger partial charge in [-0.05, 0) is 0 Å². The van der Waals surface area contributed by atoms with Crippen molar-refractivity contribution < 1.29 is 58.1 Å². The van der Waals surface area contributed by atoms with E-state index in [1.165, 1.54) is 4.02 Å². The number of rotatable bonds is 4. The van der Waals surface area contributed by atoms with E-state index < -0.39 is 0 Å². The average Bonchev–Trinajstić information content (AvgIpc) is 2.05. The topological polar surface area (TPSA) is 12.0 Å². The summed E-state index contributed by atoms with van der Waals surface area (Å²) >= 11 is 4.25. The third-order valence-corrected chi connectivity index (χ3v) is 6.83. The van der Waals surface area contributed by atoms with Gasteiger partial charge in [0.2, 0.25) is 0 Å². The summed E-state index contributed by atoms with van der Waals surface area (Å²) in [6.07, 6.45) is 0. The van der Waals surface area contributed by atoms with Crippen LogP contribution in [0.2, 0.25) is 0 Å². The predicted molar refractivity (Wildman–Crippen MR) is 49.2 cm³/mol. The molecule has 0 fully saturated rings. The molecule has 0 saturated heterocycles. The fraction of sp³-hybridized carbons (Fsp3) is 0.667. The molecule has 0 atom stereocenters. The molecule has 0 spiro atoms. The van der Waals surface area contributed by atoms with Crippen LogP contribution in [0.15, 0.2) is 0 Å². The van der Waals surface area contributed by atoms with Crippen LogP contribution in [0.3, 0.4) is 0 Å². The van der Waals surface area contributed by atoms with Crippen LogP contribution in [-0.4, -0.2) is 18.9 Å². The number of nitrogens with one attached hydrogen (secondary N) is 1. The van der Waals surface area contributed by atoms with Crippen molar-refractivity contribution in [2.75, 3.05) is 0 Å². The first kappa shape index (κ1) is 17.0. The first-order chi connectivity index (χ1) is 5.95. The van der Waals surface area contributed by atoms with Gasteiger partial charge in [-0.3, -0.25) is 0 Å². The van der Waals surface area contributed by atoms with Gasteiger partial charge < -0.3 is 0 Å². The maximum absolute atomic E-state index is 4.58. The predicted octanol–water partition coefficient (Wildman–Crippen LogP) is 0.879. The maximum atomic E-state index is 4.58. The zero-order valence-corrected chi connectivity index (χ0v) is 17.3. The van der Waals surface area contributed by atoms with Gasteiger partial charge in [0.05, 0.1) is 0 Å². The average molecular weight is 690 g/mol. The molecule has 1 nitrogen and oxygen atoms in total. The molecule has 0 aromatic rings. The Morgan fingerprint density at radius 3 is 1.69 bits per heavy atom. The van der Waals surface area contributed by atoms with E-state index >= 15 is 0 Å². The van der Waals surface area contributed by atoms with E-state index in [1.54, 1.807) is 42.6 Å². The van der Waals surface area contributed by atoms with E-state index in [2.05, 4.69) is 37.9 Å². The third kappa shape index (κ3) is 9.93. The molecule has 0 amide bonds. The molecular formula is C9H16NW3-. The second kappa shape index (κ2) is 10.2. The Kier molecular flexibility index (Phi) is 13.3. The quantitative estimate of drug-likeness (QED) is 0.433. The molecule has 76 valence electrons. The van der Waals surface area contributed by atoms with Crippen molar-refractivity contribution in [1.82, 2.24) is 5.32 Å². The molecule has 1 N–H and O–H groups in total. The molecule has 0 heterocycles. The van der Waals surface area contributed by atoms with Crippen molar-refractivity contribution in [2.24, 2.45) is 5.92 Å². The molecule has 4 heteroatoms. The summed E-state index contributed by atoms with van der Waals surface area (Å²) in [5.41, 5.74) is 0. The van der Waals surface area contributed by atoms with Crippen molar-refractivity contribution in [2.45, 2.75) is 33.7 Å². The van der Waals surface area contributed by atoms with Crippen molar-refractivity contribution in [3.05, 3.63) is 0 Å². The van der Waals surface area contributed by atoms with E-state index in [-0.39, 0.29) is 0 Å². The zero-order valence-electron chi connectivity index (χ0n) is 8.46. The van der Waals surface area contributed by atoms with Gasteiger partial charge in [0, 0.05) is 0 Å². The summed E-state index contributed by atoms with van der Waals surface area (Å²) < 4.78 is 3.03. The van der Waals surface area contributed by atoms with Gasteiger partial charge in [0.15, 0.2) is 0 Å². The van der Waals surface area contributed by atoms with Crippen LogP contribution >= 0.6 is 0 Å². The normalized spacial score (nSPS) is 9.38. The van der Waals surface area contributed by atoms with Gasteiger partial charge in [-0.1, -0.05) is 0 Å². The van der Waals surface area contributed by atoms with Gasteiger partial charge in [-0.2, -0.15) is 0 Å². The van der Waals surface area contributed by atoms with E-state index in [0.717, 1.165) is 19.4 Å². The fourth-order valence-electron chi connectivity index (χ4n) is 0.596. The fourth-order valence-corrected chi connectivity index (χ4v) is 2.50. The molecule has 0 aliphatic carbocycles. The molecule has 0 radical (unpaired) electrons. The summed E-state index contributed by atoms with van der Waals surface area (Å²) in [6, 6.07) is 0.579. The van der Waals surface area contributed by atoms with Crippen LogP contribution in [0.4, 0.5) is 0 Å². The third-order valence-electron chi connectivity index (χ3n) is 1.17. The molecule has 0 aromatic carbocycles. The van der Waals surface area contributed by atoms with Gasteiger partial charge in [0.25, 0.3) is 0 Å². The Morgan fingerprint density at radius 1 is 1.08 bits per heavy atom. The molecule has 0 aliphatic rings. The minimum atomic E-state index is 0.579. The second-order valence-corrected chi connectivity index (χ2v) is 6.19. The standard InChI is InChI=1S/C8H15N.CH.3W/c1-7(2)5-6-9-8(3)4;;;;/h7-9H,1-4H3;1H;;;/q;-1;;;. The van der Waals surface area contributed by atoms with Crippen LogP contribution in [0, 0.1) is 5.92 Å². The zero-order chi connectivity index (χ0) is 11.0. The van der Waals surface area contributed by atoms with Crippen LogP contribution in [0.1, 0.15) is 27.7 Å². The Morgan fingerprint density at radius 2 is 1.46 bits per heavy atom. The molecule has 0 aromatic heterocycles. The molecular weight excluding hydrogens is 674 g/mol. The van der Waals surface area contributed by atoms with E-state index in [0.29, 0.717) is 12.0 Å². The summed E-state index contributed by atoms with van der Waals surface area (Å²) in [4.78, 5) is 4.58. The van der Waals surface area contributed by atoms with E-state index in [1.807, 2.05) is 0 Å². The van der Waals surface area contributed by atoms with E-state index in [9.17, 15) is 0 Å². The number of hydrogen-bond acceptors (Lipinski definition) is 1. The first-order valence-electron chi connectivity index (χ1n) is 4.03. The van der Waals surface area contributed by atoms with Crippen LogP contribution in [0.5, 0.6) is 0 Å². The van der Waals surface area contributed by atoms with Crippen LogP contribution in [-0.2, 0) is 58.1 Å². The summed E-state index contributed by atoms with van der Waals surface area (Å²) in [5, 5.41) is 3.46.